The number of carbonyl (C=O) groups excluding carboxylic acids is 2. The highest BCUT2D eigenvalue weighted by atomic mass is 32.1. The predicted molar refractivity (Wildman–Crippen MR) is 112 cm³/mol. The van der Waals surface area contributed by atoms with Gasteiger partial charge < -0.3 is 0 Å². The van der Waals surface area contributed by atoms with Gasteiger partial charge in [-0.25, -0.2) is 4.90 Å². The first kappa shape index (κ1) is 18.7. The summed E-state index contributed by atoms with van der Waals surface area (Å²) in [6, 6.07) is 11.0. The van der Waals surface area contributed by atoms with Gasteiger partial charge in [0.25, 0.3) is 11.8 Å². The van der Waals surface area contributed by atoms with E-state index in [2.05, 4.69) is 37.9 Å². The van der Waals surface area contributed by atoms with Crippen LogP contribution in [0, 0.1) is 11.3 Å². The van der Waals surface area contributed by atoms with E-state index in [4.69, 9.17) is 0 Å². The zero-order valence-corrected chi connectivity index (χ0v) is 17.3. The lowest BCUT2D eigenvalue weighted by Crippen LogP contribution is -2.40. The third-order valence-electron chi connectivity index (χ3n) is 4.90. The molecule has 0 spiro atoms. The molecule has 0 N–H and O–H groups in total. The maximum Gasteiger partial charge on any atom is 0.267 e. The zero-order chi connectivity index (χ0) is 20.1. The van der Waals surface area contributed by atoms with Gasteiger partial charge in [0.1, 0.15) is 5.01 Å². The zero-order valence-electron chi connectivity index (χ0n) is 16.5. The van der Waals surface area contributed by atoms with Crippen molar-refractivity contribution in [2.24, 2.45) is 11.3 Å². The summed E-state index contributed by atoms with van der Waals surface area (Å²) in [5, 5.41) is 11.3. The molecule has 2 heterocycles. The van der Waals surface area contributed by atoms with Crippen LogP contribution in [0.3, 0.4) is 0 Å². The second kappa shape index (κ2) is 6.78. The number of hydrogen-bond donors (Lipinski definition) is 0. The topological polar surface area (TPSA) is 63.2 Å². The van der Waals surface area contributed by atoms with Crippen LogP contribution in [-0.4, -0.2) is 22.0 Å². The fraction of sp³-hybridized carbons (Fsp3) is 0.364. The van der Waals surface area contributed by atoms with Gasteiger partial charge in [0.2, 0.25) is 5.13 Å². The molecule has 1 aliphatic rings. The highest BCUT2D eigenvalue weighted by molar-refractivity contribution is 7.15. The lowest BCUT2D eigenvalue weighted by atomic mass is 9.84. The largest absolute Gasteiger partial charge is 0.268 e. The van der Waals surface area contributed by atoms with Crippen LogP contribution >= 0.6 is 11.3 Å². The van der Waals surface area contributed by atoms with E-state index < -0.39 is 0 Å². The average Bonchev–Trinajstić information content (AvgIpc) is 3.05. The first-order chi connectivity index (χ1) is 13.2. The molecule has 144 valence electrons. The molecule has 2 aromatic carbocycles. The van der Waals surface area contributed by atoms with Gasteiger partial charge in [-0.2, -0.15) is 0 Å². The second-order valence-corrected chi connectivity index (χ2v) is 9.75. The van der Waals surface area contributed by atoms with Crippen LogP contribution in [0.25, 0.3) is 10.8 Å². The van der Waals surface area contributed by atoms with Gasteiger partial charge in [-0.05, 0) is 35.3 Å². The Bertz CT molecular complexity index is 1030. The summed E-state index contributed by atoms with van der Waals surface area (Å²) < 4.78 is 0. The highest BCUT2D eigenvalue weighted by Gasteiger charge is 2.36. The molecular weight excluding hydrogens is 370 g/mol. The van der Waals surface area contributed by atoms with Crippen LogP contribution in [-0.2, 0) is 6.42 Å². The summed E-state index contributed by atoms with van der Waals surface area (Å²) in [5.41, 5.74) is 1.31. The van der Waals surface area contributed by atoms with E-state index in [-0.39, 0.29) is 17.2 Å². The smallest absolute Gasteiger partial charge is 0.267 e. The molecule has 0 aliphatic carbocycles. The summed E-state index contributed by atoms with van der Waals surface area (Å²) in [6.45, 7) is 8.86. The fourth-order valence-corrected chi connectivity index (χ4v) is 5.04. The molecule has 4 rings (SSSR count). The summed E-state index contributed by atoms with van der Waals surface area (Å²) in [6.07, 6.45) is 1.86. The number of carbonyl (C=O) groups is 2. The number of aromatic nitrogens is 2. The molecule has 6 heteroatoms. The Morgan fingerprint density at radius 1 is 1.00 bits per heavy atom. The maximum atomic E-state index is 13.1. The number of imide groups is 1. The molecule has 28 heavy (non-hydrogen) atoms. The van der Waals surface area contributed by atoms with Crippen molar-refractivity contribution in [2.75, 3.05) is 4.90 Å². The fourth-order valence-electron chi connectivity index (χ4n) is 4.04. The van der Waals surface area contributed by atoms with E-state index in [1.54, 1.807) is 12.1 Å². The Hall–Kier alpha value is -2.60. The van der Waals surface area contributed by atoms with Crippen molar-refractivity contribution in [3.05, 3.63) is 52.5 Å². The molecule has 1 unspecified atom stereocenters. The second-order valence-electron chi connectivity index (χ2n) is 8.71. The average molecular weight is 394 g/mol. The first-order valence-corrected chi connectivity index (χ1v) is 10.3. The van der Waals surface area contributed by atoms with Gasteiger partial charge in [0.15, 0.2) is 0 Å². The van der Waals surface area contributed by atoms with Gasteiger partial charge in [-0.15, -0.1) is 10.2 Å². The van der Waals surface area contributed by atoms with E-state index in [9.17, 15) is 9.59 Å². The van der Waals surface area contributed by atoms with E-state index in [0.717, 1.165) is 28.6 Å². The lowest BCUT2D eigenvalue weighted by Gasteiger charge is -2.24. The molecule has 1 aromatic heterocycles. The Kier molecular flexibility index (Phi) is 4.54. The standard InChI is InChI=1S/C22H23N3O2S/c1-13(12-22(2,3)4)11-17-23-24-21(28-17)25-19(26)15-9-5-7-14-8-6-10-16(18(14)15)20(25)27/h5-10,13H,11-12H2,1-4H3. The molecule has 0 fully saturated rings. The molecular formula is C22H23N3O2S. The summed E-state index contributed by atoms with van der Waals surface area (Å²) in [5.74, 6) is -0.220. The molecule has 3 aromatic rings. The summed E-state index contributed by atoms with van der Waals surface area (Å²) in [4.78, 5) is 27.3. The normalized spacial score (nSPS) is 15.4. The number of hydrogen-bond acceptors (Lipinski definition) is 5. The van der Waals surface area contributed by atoms with Gasteiger partial charge in [0, 0.05) is 22.9 Å². The van der Waals surface area contributed by atoms with Gasteiger partial charge >= 0.3 is 0 Å². The van der Waals surface area contributed by atoms with Crippen LogP contribution in [0.1, 0.15) is 59.8 Å². The van der Waals surface area contributed by atoms with Crippen molar-refractivity contribution < 1.29 is 9.59 Å². The predicted octanol–water partition coefficient (Wildman–Crippen LogP) is 5.11. The number of anilines is 1. The third kappa shape index (κ3) is 3.33. The van der Waals surface area contributed by atoms with Crippen LogP contribution < -0.4 is 4.90 Å². The number of nitrogens with zero attached hydrogens (tertiary/aromatic N) is 3. The van der Waals surface area contributed by atoms with Gasteiger partial charge in [-0.3, -0.25) is 9.59 Å². The minimum absolute atomic E-state index is 0.244. The lowest BCUT2D eigenvalue weighted by molar-refractivity contribution is 0.0893. The molecule has 0 radical (unpaired) electrons. The van der Waals surface area contributed by atoms with E-state index in [1.807, 2.05) is 24.3 Å². The molecule has 5 nitrogen and oxygen atoms in total. The molecule has 0 bridgehead atoms. The number of benzene rings is 2. The van der Waals surface area contributed by atoms with Crippen molar-refractivity contribution in [1.82, 2.24) is 10.2 Å². The van der Waals surface area contributed by atoms with Crippen LogP contribution in [0.15, 0.2) is 36.4 Å². The Morgan fingerprint density at radius 2 is 1.61 bits per heavy atom. The van der Waals surface area contributed by atoms with Crippen molar-refractivity contribution in [3.8, 4) is 0 Å². The molecule has 2 amide bonds. The van der Waals surface area contributed by atoms with Crippen LogP contribution in [0.2, 0.25) is 0 Å². The Labute approximate surface area is 168 Å². The number of amides is 2. The minimum Gasteiger partial charge on any atom is -0.268 e. The summed E-state index contributed by atoms with van der Waals surface area (Å²) in [7, 11) is 0. The van der Waals surface area contributed by atoms with E-state index in [0.29, 0.717) is 22.2 Å². The van der Waals surface area contributed by atoms with Crippen LogP contribution in [0.4, 0.5) is 5.13 Å². The minimum atomic E-state index is -0.334. The molecule has 0 saturated heterocycles. The first-order valence-electron chi connectivity index (χ1n) is 9.47. The third-order valence-corrected chi connectivity index (χ3v) is 5.83. The molecule has 0 saturated carbocycles. The Morgan fingerprint density at radius 3 is 2.18 bits per heavy atom. The van der Waals surface area contributed by atoms with Crippen LogP contribution in [0.5, 0.6) is 0 Å². The Balaban J connectivity index is 1.65. The highest BCUT2D eigenvalue weighted by Crippen LogP contribution is 2.34. The van der Waals surface area contributed by atoms with Crippen molar-refractivity contribution >= 4 is 39.1 Å². The molecule has 1 atom stereocenters. The van der Waals surface area contributed by atoms with Gasteiger partial charge in [0.05, 0.1) is 0 Å². The summed E-state index contributed by atoms with van der Waals surface area (Å²) >= 11 is 1.33. The van der Waals surface area contributed by atoms with Crippen molar-refractivity contribution in [3.63, 3.8) is 0 Å². The monoisotopic (exact) mass is 393 g/mol. The van der Waals surface area contributed by atoms with E-state index >= 15 is 0 Å². The molecule has 1 aliphatic heterocycles. The maximum absolute atomic E-state index is 13.1. The quantitative estimate of drug-likeness (QED) is 0.578. The number of rotatable bonds is 4. The van der Waals surface area contributed by atoms with E-state index in [1.165, 1.54) is 16.2 Å². The van der Waals surface area contributed by atoms with Crippen molar-refractivity contribution in [1.29, 1.82) is 0 Å². The van der Waals surface area contributed by atoms with Gasteiger partial charge in [-0.1, -0.05) is 63.3 Å². The van der Waals surface area contributed by atoms with Crippen molar-refractivity contribution in [2.45, 2.75) is 40.5 Å². The SMILES string of the molecule is CC(Cc1nnc(N2C(=O)c3cccc4cccc(c34)C2=O)s1)CC(C)(C)C.